The predicted octanol–water partition coefficient (Wildman–Crippen LogP) is 2.63. The van der Waals surface area contributed by atoms with Crippen LogP contribution in [0.3, 0.4) is 0 Å². The molecule has 1 unspecified atom stereocenters. The van der Waals surface area contributed by atoms with Crippen molar-refractivity contribution in [2.45, 2.75) is 11.8 Å². The normalized spacial score (nSPS) is 15.8. The van der Waals surface area contributed by atoms with Crippen LogP contribution in [0.15, 0.2) is 63.9 Å². The van der Waals surface area contributed by atoms with Gasteiger partial charge in [0.15, 0.2) is 0 Å². The van der Waals surface area contributed by atoms with Crippen LogP contribution in [0.2, 0.25) is 0 Å². The van der Waals surface area contributed by atoms with E-state index in [1.807, 2.05) is 11.0 Å². The van der Waals surface area contributed by atoms with Gasteiger partial charge in [-0.05, 0) is 49.4 Å². The number of aromatic nitrogens is 2. The molecule has 0 bridgehead atoms. The van der Waals surface area contributed by atoms with E-state index in [2.05, 4.69) is 19.6 Å². The van der Waals surface area contributed by atoms with E-state index >= 15 is 0 Å². The Hall–Kier alpha value is -3.90. The van der Waals surface area contributed by atoms with Crippen molar-refractivity contribution in [3.05, 3.63) is 71.5 Å². The summed E-state index contributed by atoms with van der Waals surface area (Å²) in [6, 6.07) is 16.1. The molecule has 2 heterocycles. The molecule has 12 nitrogen and oxygen atoms in total. The Labute approximate surface area is 234 Å². The van der Waals surface area contributed by atoms with Gasteiger partial charge in [0.05, 0.1) is 16.1 Å². The number of carbonyl (C=O) groups is 1. The van der Waals surface area contributed by atoms with Crippen LogP contribution < -0.4 is 10.2 Å². The Morgan fingerprint density at radius 2 is 1.68 bits per heavy atom. The molecule has 1 aromatic heterocycles. The molecule has 4 rings (SSSR count). The van der Waals surface area contributed by atoms with Gasteiger partial charge in [-0.3, -0.25) is 4.79 Å². The zero-order valence-corrected chi connectivity index (χ0v) is 24.2. The third-order valence-corrected chi connectivity index (χ3v) is 10.1. The van der Waals surface area contributed by atoms with Crippen LogP contribution in [-0.4, -0.2) is 83.6 Å². The summed E-state index contributed by atoms with van der Waals surface area (Å²) in [7, 11) is -3.18. The number of nitrogens with one attached hydrogen (secondary N) is 1. The summed E-state index contributed by atoms with van der Waals surface area (Å²) < 4.78 is 46.4. The molecule has 0 saturated carbocycles. The first kappa shape index (κ1) is 29.1. The van der Waals surface area contributed by atoms with E-state index in [1.54, 1.807) is 51.4 Å². The van der Waals surface area contributed by atoms with Crippen molar-refractivity contribution in [3.8, 4) is 6.07 Å². The van der Waals surface area contributed by atoms with E-state index in [9.17, 15) is 22.7 Å². The highest BCUT2D eigenvalue weighted by Gasteiger charge is 2.29. The Bertz CT molecular complexity index is 1680. The van der Waals surface area contributed by atoms with Crippen molar-refractivity contribution in [3.63, 3.8) is 0 Å². The number of nitriles is 1. The third-order valence-electron chi connectivity index (χ3n) is 6.32. The second-order valence-corrected chi connectivity index (χ2v) is 13.7. The molecule has 0 radical (unpaired) electrons. The summed E-state index contributed by atoms with van der Waals surface area (Å²) in [4.78, 5) is 23.6. The number of sulfonamides is 1. The Morgan fingerprint density at radius 1 is 1.02 bits per heavy atom. The Balaban J connectivity index is 1.45. The van der Waals surface area contributed by atoms with Gasteiger partial charge in [0.2, 0.25) is 16.0 Å². The highest BCUT2D eigenvalue weighted by atomic mass is 32.2. The molecule has 0 spiro atoms. The van der Waals surface area contributed by atoms with Crippen molar-refractivity contribution < 1.29 is 17.4 Å². The fraction of sp³-hybridized carbons (Fsp3) is 0.308. The van der Waals surface area contributed by atoms with Gasteiger partial charge in [-0.15, -0.1) is 0 Å². The largest absolute Gasteiger partial charge is 0.338 e. The molecule has 1 aliphatic rings. The summed E-state index contributed by atoms with van der Waals surface area (Å²) >= 11 is 0. The Morgan fingerprint density at radius 3 is 2.30 bits per heavy atom. The van der Waals surface area contributed by atoms with Crippen LogP contribution >= 0.6 is 0 Å². The van der Waals surface area contributed by atoms with E-state index in [0.29, 0.717) is 36.1 Å². The topological polar surface area (TPSA) is 152 Å². The molecule has 14 heteroatoms. The van der Waals surface area contributed by atoms with Crippen LogP contribution in [0, 0.1) is 18.3 Å². The molecule has 0 aliphatic carbocycles. The van der Waals surface area contributed by atoms with Gasteiger partial charge in [0.25, 0.3) is 5.91 Å². The van der Waals surface area contributed by atoms with E-state index in [-0.39, 0.29) is 29.2 Å². The maximum Gasteiger partial charge on any atom is 0.257 e. The lowest BCUT2D eigenvalue weighted by Gasteiger charge is -2.34. The number of carbonyl (C=O) groups excluding carboxylic acids is 1. The summed E-state index contributed by atoms with van der Waals surface area (Å²) in [5.41, 5.74) is 1.87. The summed E-state index contributed by atoms with van der Waals surface area (Å²) in [6.07, 6.45) is 1.49. The minimum absolute atomic E-state index is 0.102. The molecule has 210 valence electrons. The van der Waals surface area contributed by atoms with E-state index < -0.39 is 25.8 Å². The lowest BCUT2D eigenvalue weighted by molar-refractivity contribution is 0.102. The highest BCUT2D eigenvalue weighted by Crippen LogP contribution is 2.24. The average Bonchev–Trinajstić information content (AvgIpc) is 2.93. The minimum Gasteiger partial charge on any atom is -0.338 e. The van der Waals surface area contributed by atoms with Gasteiger partial charge in [-0.1, -0.05) is 12.1 Å². The second-order valence-electron chi connectivity index (χ2n) is 9.36. The summed E-state index contributed by atoms with van der Waals surface area (Å²) in [6.45, 7) is 3.00. The molecule has 1 fully saturated rings. The van der Waals surface area contributed by atoms with Crippen LogP contribution in [0.1, 0.15) is 21.7 Å². The summed E-state index contributed by atoms with van der Waals surface area (Å²) in [5.74, 6) is -0.0518. The molecular weight excluding hydrogens is 552 g/mol. The van der Waals surface area contributed by atoms with Crippen LogP contribution in [0.4, 0.5) is 17.3 Å². The number of piperazine rings is 1. The average molecular weight is 583 g/mol. The monoisotopic (exact) mass is 582 g/mol. The number of hydrogen-bond acceptors (Lipinski definition) is 9. The van der Waals surface area contributed by atoms with Gasteiger partial charge < -0.3 is 10.2 Å². The van der Waals surface area contributed by atoms with Crippen LogP contribution in [0.5, 0.6) is 0 Å². The van der Waals surface area contributed by atoms with E-state index in [4.69, 9.17) is 0 Å². The lowest BCUT2D eigenvalue weighted by Crippen LogP contribution is -2.49. The molecule has 1 atom stereocenters. The number of anilines is 2. The minimum atomic E-state index is -3.77. The second kappa shape index (κ2) is 11.7. The maximum atomic E-state index is 13.3. The first-order chi connectivity index (χ1) is 18.9. The van der Waals surface area contributed by atoms with Crippen molar-refractivity contribution in [1.82, 2.24) is 18.6 Å². The van der Waals surface area contributed by atoms with Crippen molar-refractivity contribution in [2.24, 2.45) is 4.36 Å². The maximum absolute atomic E-state index is 13.3. The van der Waals surface area contributed by atoms with Crippen LogP contribution in [-0.2, 0) is 19.9 Å². The first-order valence-corrected chi connectivity index (χ1v) is 15.6. The summed E-state index contributed by atoms with van der Waals surface area (Å²) in [5, 5.41) is 11.9. The molecule has 3 aromatic rings. The van der Waals surface area contributed by atoms with Crippen molar-refractivity contribution in [2.75, 3.05) is 56.7 Å². The quantitative estimate of drug-likeness (QED) is 0.446. The van der Waals surface area contributed by atoms with Gasteiger partial charge in [0.1, 0.15) is 21.7 Å². The Kier molecular flexibility index (Phi) is 8.50. The predicted molar refractivity (Wildman–Crippen MR) is 153 cm³/mol. The zero-order valence-electron chi connectivity index (χ0n) is 22.6. The van der Waals surface area contributed by atoms with E-state index in [1.165, 1.54) is 39.1 Å². The smallest absolute Gasteiger partial charge is 0.257 e. The van der Waals surface area contributed by atoms with Crippen molar-refractivity contribution >= 4 is 43.2 Å². The number of benzene rings is 2. The number of nitrogens with zero attached hydrogens (tertiary/aromatic N) is 7. The number of rotatable bonds is 7. The third kappa shape index (κ3) is 6.45. The van der Waals surface area contributed by atoms with Gasteiger partial charge in [0, 0.05) is 57.9 Å². The SMILES string of the molecule is Cc1cc(C#N)nc(N2CCN(S(=O)(=O)c3ccc(NC(=O)c4ccccc4N=S(C)(=O)N(C)C)cc3)CC2)n1. The molecule has 1 N–H and O–H groups in total. The number of aryl methyl sites for hydroxylation is 1. The zero-order chi connectivity index (χ0) is 29.1. The number of amides is 1. The molecule has 1 amide bonds. The fourth-order valence-corrected chi connectivity index (χ4v) is 6.06. The molecule has 1 saturated heterocycles. The standard InChI is InChI=1S/C26H30N8O4S2/c1-19-17-21(18-27)30-26(28-19)33-13-15-34(16-14-33)40(37,38)22-11-9-20(10-12-22)29-25(35)23-7-5-6-8-24(23)31-39(4,36)32(2)3/h5-12,17H,13-16H2,1-4H3,(H,29,35). The molecule has 40 heavy (non-hydrogen) atoms. The highest BCUT2D eigenvalue weighted by molar-refractivity contribution is 7.90. The fourth-order valence-electron chi connectivity index (χ4n) is 3.95. The van der Waals surface area contributed by atoms with Crippen LogP contribution in [0.25, 0.3) is 0 Å². The first-order valence-electron chi connectivity index (χ1n) is 12.3. The van der Waals surface area contributed by atoms with Gasteiger partial charge in [-0.25, -0.2) is 26.9 Å². The molecule has 1 aliphatic heterocycles. The van der Waals surface area contributed by atoms with E-state index in [0.717, 1.165) is 0 Å². The molecular formula is C26H30N8O4S2. The molecule has 2 aromatic carbocycles. The number of hydrogen-bond donors (Lipinski definition) is 1. The van der Waals surface area contributed by atoms with Gasteiger partial charge in [-0.2, -0.15) is 13.9 Å². The lowest BCUT2D eigenvalue weighted by atomic mass is 10.1. The van der Waals surface area contributed by atoms with Gasteiger partial charge >= 0.3 is 0 Å². The van der Waals surface area contributed by atoms with Crippen molar-refractivity contribution in [1.29, 1.82) is 5.26 Å².